The summed E-state index contributed by atoms with van der Waals surface area (Å²) in [6.45, 7) is 4.45. The number of halogens is 4. The van der Waals surface area contributed by atoms with Gasteiger partial charge in [-0.25, -0.2) is 4.98 Å². The van der Waals surface area contributed by atoms with Crippen LogP contribution in [0.2, 0.25) is 5.02 Å². The standard InChI is InChI=1S/C31H37ClF3N7O3/c1-20-16-23(31(33,34)35)22(17-36)29(37-20)38-25-11-14-41(28-24(32)8-5-9-26(28)40(4)30(25)44)13-7-15-45-21-18-42(19-21)27(43)10-6-12-39(2)3/h5-6,8-10,16,21,25H,7,11-15,18-19H2,1-4H3,(H,37,38)/b10-6+/t25-/m0/s1. The number of amides is 2. The Bertz CT molecular complexity index is 1470. The lowest BCUT2D eigenvalue weighted by molar-refractivity contribution is -0.139. The first-order valence-corrected chi connectivity index (χ1v) is 15.0. The number of carbonyl (C=O) groups excluding carboxylic acids is 2. The van der Waals surface area contributed by atoms with Crippen molar-refractivity contribution < 1.29 is 27.5 Å². The molecule has 14 heteroatoms. The maximum Gasteiger partial charge on any atom is 0.417 e. The highest BCUT2D eigenvalue weighted by Crippen LogP contribution is 2.39. The van der Waals surface area contributed by atoms with Crippen LogP contribution in [0.15, 0.2) is 36.4 Å². The Hall–Kier alpha value is -3.86. The average molecular weight is 648 g/mol. The molecule has 0 bridgehead atoms. The van der Waals surface area contributed by atoms with Crippen molar-refractivity contribution in [3.8, 4) is 6.07 Å². The third-order valence-corrected chi connectivity index (χ3v) is 7.96. The molecular formula is C31H37ClF3N7O3. The van der Waals surface area contributed by atoms with Crippen molar-refractivity contribution in [1.82, 2.24) is 14.8 Å². The Labute approximate surface area is 266 Å². The van der Waals surface area contributed by atoms with Crippen molar-refractivity contribution in [3.63, 3.8) is 0 Å². The van der Waals surface area contributed by atoms with Crippen LogP contribution in [0, 0.1) is 18.3 Å². The van der Waals surface area contributed by atoms with Gasteiger partial charge in [0.25, 0.3) is 0 Å². The summed E-state index contributed by atoms with van der Waals surface area (Å²) in [6.07, 6.45) is -0.572. The Morgan fingerprint density at radius 1 is 1.31 bits per heavy atom. The number of likely N-dealkylation sites (N-methyl/N-ethyl adjacent to an activating group) is 2. The second-order valence-corrected chi connectivity index (χ2v) is 11.8. The number of nitriles is 1. The molecule has 2 aliphatic rings. The zero-order chi connectivity index (χ0) is 32.9. The molecule has 1 fully saturated rings. The van der Waals surface area contributed by atoms with Crippen LogP contribution in [-0.4, -0.2) is 99.2 Å². The molecule has 2 aliphatic heterocycles. The molecule has 1 N–H and O–H groups in total. The predicted molar refractivity (Wildman–Crippen MR) is 166 cm³/mol. The third-order valence-electron chi connectivity index (χ3n) is 7.65. The first-order chi connectivity index (χ1) is 21.3. The van der Waals surface area contributed by atoms with Gasteiger partial charge in [-0.2, -0.15) is 18.4 Å². The van der Waals surface area contributed by atoms with Gasteiger partial charge in [0, 0.05) is 58.1 Å². The van der Waals surface area contributed by atoms with Gasteiger partial charge in [-0.05, 0) is 52.1 Å². The van der Waals surface area contributed by atoms with E-state index in [-0.39, 0.29) is 29.9 Å². The molecule has 3 heterocycles. The van der Waals surface area contributed by atoms with Crippen LogP contribution < -0.4 is 15.1 Å². The Morgan fingerprint density at radius 3 is 2.71 bits per heavy atom. The fraction of sp³-hybridized carbons (Fsp3) is 0.484. The highest BCUT2D eigenvalue weighted by molar-refractivity contribution is 6.34. The molecule has 2 amide bonds. The maximum atomic E-state index is 13.7. The number of pyridine rings is 1. The Morgan fingerprint density at radius 2 is 2.04 bits per heavy atom. The minimum atomic E-state index is -4.76. The second-order valence-electron chi connectivity index (χ2n) is 11.4. The topological polar surface area (TPSA) is 105 Å². The van der Waals surface area contributed by atoms with Crippen LogP contribution >= 0.6 is 11.6 Å². The van der Waals surface area contributed by atoms with Crippen molar-refractivity contribution in [1.29, 1.82) is 5.26 Å². The molecule has 0 aliphatic carbocycles. The summed E-state index contributed by atoms with van der Waals surface area (Å²) in [6, 6.07) is 6.68. The molecule has 1 aromatic carbocycles. The second kappa shape index (κ2) is 14.5. The summed E-state index contributed by atoms with van der Waals surface area (Å²) in [5, 5.41) is 12.9. The normalized spacial score (nSPS) is 17.6. The molecule has 0 radical (unpaired) electrons. The number of rotatable bonds is 10. The number of benzene rings is 1. The fourth-order valence-corrected chi connectivity index (χ4v) is 5.58. The van der Waals surface area contributed by atoms with Crippen LogP contribution in [0.4, 0.5) is 30.4 Å². The van der Waals surface area contributed by atoms with Gasteiger partial charge in [-0.1, -0.05) is 23.7 Å². The molecule has 0 spiro atoms. The molecule has 45 heavy (non-hydrogen) atoms. The lowest BCUT2D eigenvalue weighted by atomic mass is 10.0. The number of carbonyl (C=O) groups is 2. The van der Waals surface area contributed by atoms with Gasteiger partial charge in [-0.3, -0.25) is 9.59 Å². The molecule has 0 saturated carbocycles. The quantitative estimate of drug-likeness (QED) is 0.300. The largest absolute Gasteiger partial charge is 0.417 e. The number of nitrogens with zero attached hydrogens (tertiary/aromatic N) is 6. The number of hydrogen-bond acceptors (Lipinski definition) is 8. The van der Waals surface area contributed by atoms with E-state index >= 15 is 0 Å². The van der Waals surface area contributed by atoms with E-state index < -0.39 is 29.3 Å². The summed E-state index contributed by atoms with van der Waals surface area (Å²) >= 11 is 6.63. The lowest BCUT2D eigenvalue weighted by Crippen LogP contribution is -2.54. The SMILES string of the molecule is Cc1cc(C(F)(F)F)c(C#N)c(N[C@H]2CCN(CCCOC3CN(C(=O)/C=C/CN(C)C)C3)c3c(Cl)cccc3N(C)C2=O)n1. The van der Waals surface area contributed by atoms with Gasteiger partial charge < -0.3 is 29.7 Å². The molecule has 4 rings (SSSR count). The summed E-state index contributed by atoms with van der Waals surface area (Å²) in [4.78, 5) is 37.1. The monoisotopic (exact) mass is 647 g/mol. The molecule has 1 aromatic heterocycles. The van der Waals surface area contributed by atoms with E-state index in [4.69, 9.17) is 16.3 Å². The molecule has 2 aromatic rings. The molecule has 242 valence electrons. The van der Waals surface area contributed by atoms with Crippen LogP contribution in [0.3, 0.4) is 0 Å². The number of likely N-dealkylation sites (tertiary alicyclic amines) is 1. The first kappa shape index (κ1) is 34.0. The number of alkyl halides is 3. The number of para-hydroxylation sites is 1. The minimum absolute atomic E-state index is 0.0391. The smallest absolute Gasteiger partial charge is 0.374 e. The van der Waals surface area contributed by atoms with Gasteiger partial charge in [0.15, 0.2) is 0 Å². The number of aromatic nitrogens is 1. The van der Waals surface area contributed by atoms with Crippen LogP contribution in [0.25, 0.3) is 0 Å². The van der Waals surface area contributed by atoms with Crippen molar-refractivity contribution in [2.24, 2.45) is 0 Å². The van der Waals surface area contributed by atoms with Crippen LogP contribution in [0.1, 0.15) is 29.7 Å². The first-order valence-electron chi connectivity index (χ1n) is 14.6. The lowest BCUT2D eigenvalue weighted by Gasteiger charge is -2.39. The van der Waals surface area contributed by atoms with Gasteiger partial charge in [-0.15, -0.1) is 0 Å². The van der Waals surface area contributed by atoms with Gasteiger partial charge in [0.2, 0.25) is 11.8 Å². The average Bonchev–Trinajstić information content (AvgIpc) is 2.94. The van der Waals surface area contributed by atoms with Crippen molar-refractivity contribution in [2.45, 2.75) is 38.1 Å². The number of hydrogen-bond donors (Lipinski definition) is 1. The zero-order valence-corrected chi connectivity index (χ0v) is 26.5. The number of anilines is 3. The van der Waals surface area contributed by atoms with Gasteiger partial charge in [0.05, 0.1) is 28.1 Å². The number of nitrogens with one attached hydrogen (secondary N) is 1. The third kappa shape index (κ3) is 8.25. The number of ether oxygens (including phenoxy) is 1. The van der Waals surface area contributed by atoms with Crippen LogP contribution in [-0.2, 0) is 20.5 Å². The van der Waals surface area contributed by atoms with Gasteiger partial charge >= 0.3 is 6.18 Å². The van der Waals surface area contributed by atoms with Gasteiger partial charge in [0.1, 0.15) is 23.5 Å². The van der Waals surface area contributed by atoms with E-state index in [2.05, 4.69) is 10.3 Å². The molecule has 0 unspecified atom stereocenters. The van der Waals surface area contributed by atoms with E-state index in [1.807, 2.05) is 30.0 Å². The highest BCUT2D eigenvalue weighted by Gasteiger charge is 2.37. The summed E-state index contributed by atoms with van der Waals surface area (Å²) < 4.78 is 47.1. The van der Waals surface area contributed by atoms with E-state index in [1.165, 1.54) is 11.8 Å². The van der Waals surface area contributed by atoms with E-state index in [9.17, 15) is 28.0 Å². The number of aryl methyl sites for hydroxylation is 1. The van der Waals surface area contributed by atoms with Crippen molar-refractivity contribution >= 4 is 40.6 Å². The number of fused-ring (bicyclic) bond motifs is 1. The van der Waals surface area contributed by atoms with E-state index in [1.54, 1.807) is 42.3 Å². The Balaban J connectivity index is 1.43. The summed E-state index contributed by atoms with van der Waals surface area (Å²) in [5.74, 6) is -0.727. The minimum Gasteiger partial charge on any atom is -0.374 e. The molecule has 10 nitrogen and oxygen atoms in total. The summed E-state index contributed by atoms with van der Waals surface area (Å²) in [5.41, 5.74) is -0.490. The molecule has 1 atom stereocenters. The van der Waals surface area contributed by atoms with Crippen molar-refractivity contribution in [2.75, 3.05) is 75.6 Å². The highest BCUT2D eigenvalue weighted by atomic mass is 35.5. The summed E-state index contributed by atoms with van der Waals surface area (Å²) in [7, 11) is 5.44. The fourth-order valence-electron chi connectivity index (χ4n) is 5.30. The molecule has 1 saturated heterocycles. The molecular weight excluding hydrogens is 611 g/mol. The Kier molecular flexibility index (Phi) is 11.0. The van der Waals surface area contributed by atoms with E-state index in [0.29, 0.717) is 62.1 Å². The van der Waals surface area contributed by atoms with E-state index in [0.717, 1.165) is 6.07 Å². The zero-order valence-electron chi connectivity index (χ0n) is 25.7. The maximum absolute atomic E-state index is 13.7. The predicted octanol–water partition coefficient (Wildman–Crippen LogP) is 4.32. The van der Waals surface area contributed by atoms with Crippen LogP contribution in [0.5, 0.6) is 0 Å². The van der Waals surface area contributed by atoms with Crippen molar-refractivity contribution in [3.05, 3.63) is 58.3 Å².